The van der Waals surface area contributed by atoms with E-state index in [2.05, 4.69) is 18.9 Å². The second kappa shape index (κ2) is 6.66. The number of carbonyl (C=O) groups excluding carboxylic acids is 1. The first-order valence-corrected chi connectivity index (χ1v) is 9.48. The number of benzene rings is 2. The first-order valence-electron chi connectivity index (χ1n) is 9.48. The molecular formula is C22H26N2O3. The molecule has 1 saturated carbocycles. The van der Waals surface area contributed by atoms with Crippen LogP contribution < -0.4 is 10.5 Å². The van der Waals surface area contributed by atoms with Crippen molar-refractivity contribution in [1.29, 1.82) is 0 Å². The zero-order valence-corrected chi connectivity index (χ0v) is 15.7. The normalized spacial score (nSPS) is 29.4. The second-order valence-corrected chi connectivity index (χ2v) is 7.82. The molecule has 4 rings (SSSR count). The third kappa shape index (κ3) is 2.91. The average molecular weight is 366 g/mol. The van der Waals surface area contributed by atoms with Gasteiger partial charge in [0.1, 0.15) is 11.9 Å². The van der Waals surface area contributed by atoms with Gasteiger partial charge in [0.05, 0.1) is 0 Å². The van der Waals surface area contributed by atoms with Crippen LogP contribution in [0.4, 0.5) is 0 Å². The summed E-state index contributed by atoms with van der Waals surface area (Å²) in [6, 6.07) is 17.0. The number of carbonyl (C=O) groups is 1. The number of hydrogen-bond acceptors (Lipinski definition) is 4. The van der Waals surface area contributed by atoms with E-state index in [1.165, 1.54) is 0 Å². The van der Waals surface area contributed by atoms with Crippen molar-refractivity contribution >= 4 is 5.91 Å². The van der Waals surface area contributed by atoms with Crippen LogP contribution in [0.1, 0.15) is 30.9 Å². The highest BCUT2D eigenvalue weighted by atomic mass is 16.5. The summed E-state index contributed by atoms with van der Waals surface area (Å²) in [5.74, 6) is 0.365. The Kier molecular flexibility index (Phi) is 4.44. The summed E-state index contributed by atoms with van der Waals surface area (Å²) >= 11 is 0. The number of primary amides is 1. The molecule has 2 unspecified atom stereocenters. The Morgan fingerprint density at radius 2 is 1.85 bits per heavy atom. The van der Waals surface area contributed by atoms with Crippen LogP contribution in [-0.4, -0.2) is 41.1 Å². The summed E-state index contributed by atoms with van der Waals surface area (Å²) in [5.41, 5.74) is 4.58. The Bertz CT molecular complexity index is 838. The van der Waals surface area contributed by atoms with Gasteiger partial charge >= 0.3 is 0 Å². The second-order valence-electron chi connectivity index (χ2n) is 7.82. The fourth-order valence-electron chi connectivity index (χ4n) is 4.72. The lowest BCUT2D eigenvalue weighted by Gasteiger charge is -2.34. The van der Waals surface area contributed by atoms with Crippen LogP contribution in [-0.2, 0) is 10.4 Å². The minimum Gasteiger partial charge on any atom is -0.490 e. The summed E-state index contributed by atoms with van der Waals surface area (Å²) in [7, 11) is 2.18. The minimum absolute atomic E-state index is 0.162. The van der Waals surface area contributed by atoms with Crippen molar-refractivity contribution in [3.63, 3.8) is 0 Å². The van der Waals surface area contributed by atoms with Gasteiger partial charge in [-0.15, -0.1) is 0 Å². The smallest absolute Gasteiger partial charge is 0.258 e. The fourth-order valence-corrected chi connectivity index (χ4v) is 4.72. The molecule has 2 fully saturated rings. The number of aliphatic hydroxyl groups is 1. The molecule has 2 aromatic rings. The van der Waals surface area contributed by atoms with E-state index in [0.29, 0.717) is 34.9 Å². The molecule has 1 amide bonds. The van der Waals surface area contributed by atoms with E-state index >= 15 is 0 Å². The van der Waals surface area contributed by atoms with Crippen LogP contribution in [0.5, 0.6) is 5.75 Å². The Labute approximate surface area is 159 Å². The van der Waals surface area contributed by atoms with Crippen LogP contribution in [0.15, 0.2) is 54.6 Å². The summed E-state index contributed by atoms with van der Waals surface area (Å²) in [4.78, 5) is 14.6. The molecule has 27 heavy (non-hydrogen) atoms. The van der Waals surface area contributed by atoms with Gasteiger partial charge in [-0.1, -0.05) is 42.5 Å². The zero-order chi connectivity index (χ0) is 19.2. The molecule has 5 heteroatoms. The maximum absolute atomic E-state index is 12.2. The molecule has 0 radical (unpaired) electrons. The summed E-state index contributed by atoms with van der Waals surface area (Å²) in [5, 5.41) is 11.2. The first kappa shape index (κ1) is 18.0. The van der Waals surface area contributed by atoms with Crippen LogP contribution in [0, 0.1) is 5.92 Å². The van der Waals surface area contributed by atoms with Gasteiger partial charge in [0, 0.05) is 30.0 Å². The van der Waals surface area contributed by atoms with Crippen molar-refractivity contribution in [1.82, 2.24) is 4.90 Å². The lowest BCUT2D eigenvalue weighted by atomic mass is 9.85. The molecule has 1 heterocycles. The van der Waals surface area contributed by atoms with Crippen molar-refractivity contribution in [2.45, 2.75) is 43.6 Å². The number of piperidine rings is 1. The van der Waals surface area contributed by atoms with Gasteiger partial charge in [0.25, 0.3) is 5.91 Å². The maximum Gasteiger partial charge on any atom is 0.258 e. The molecule has 5 nitrogen and oxygen atoms in total. The molecule has 1 saturated heterocycles. The highest BCUT2D eigenvalue weighted by Crippen LogP contribution is 2.43. The van der Waals surface area contributed by atoms with E-state index < -0.39 is 11.5 Å². The highest BCUT2D eigenvalue weighted by molar-refractivity contribution is 5.88. The number of ether oxygens (including phenoxy) is 1. The number of likely N-dealkylation sites (tertiary alicyclic amines) is 1. The lowest BCUT2D eigenvalue weighted by molar-refractivity contribution is -0.133. The van der Waals surface area contributed by atoms with Gasteiger partial charge in [-0.3, -0.25) is 4.79 Å². The number of rotatable bonds is 5. The minimum atomic E-state index is -1.89. The Morgan fingerprint density at radius 1 is 1.15 bits per heavy atom. The van der Waals surface area contributed by atoms with Crippen LogP contribution in [0.2, 0.25) is 0 Å². The quantitative estimate of drug-likeness (QED) is 0.851. The predicted octanol–water partition coefficient (Wildman–Crippen LogP) is 2.27. The largest absolute Gasteiger partial charge is 0.490 e. The Balaban J connectivity index is 1.62. The van der Waals surface area contributed by atoms with Crippen LogP contribution >= 0.6 is 0 Å². The summed E-state index contributed by atoms with van der Waals surface area (Å²) < 4.78 is 6.29. The third-order valence-electron chi connectivity index (χ3n) is 6.45. The molecule has 5 atom stereocenters. The van der Waals surface area contributed by atoms with Crippen molar-refractivity contribution < 1.29 is 14.6 Å². The molecule has 1 aliphatic carbocycles. The van der Waals surface area contributed by atoms with Crippen LogP contribution in [0.3, 0.4) is 0 Å². The Hall–Kier alpha value is -2.37. The third-order valence-corrected chi connectivity index (χ3v) is 6.45. The van der Waals surface area contributed by atoms with Gasteiger partial charge in [0.2, 0.25) is 0 Å². The molecule has 0 spiro atoms. The van der Waals surface area contributed by atoms with E-state index in [9.17, 15) is 9.90 Å². The topological polar surface area (TPSA) is 75.8 Å². The van der Waals surface area contributed by atoms with E-state index in [1.54, 1.807) is 42.5 Å². The maximum atomic E-state index is 12.2. The van der Waals surface area contributed by atoms with Crippen LogP contribution in [0.25, 0.3) is 0 Å². The van der Waals surface area contributed by atoms with Crippen molar-refractivity contribution in [3.05, 3.63) is 65.7 Å². The lowest BCUT2D eigenvalue weighted by Crippen LogP contribution is -2.43. The number of nitrogens with zero attached hydrogens (tertiary/aromatic N) is 1. The SMILES string of the molecule is C[C@@H]1C2C[C@H](C[C@@H]2Oc2cccc(C(O)(C(N)=O)c3ccccc3)c2)N1C. The molecule has 3 N–H and O–H groups in total. The standard InChI is InChI=1S/C22H26N2O3/c1-14-19-12-17(24(14)2)13-20(19)27-18-10-6-9-16(11-18)22(26,21(23)25)15-7-4-3-5-8-15/h3-11,14,17,19-20,26H,12-13H2,1-2H3,(H2,23,25)/t14-,17-,19?,20+,22?/m1/s1. The van der Waals surface area contributed by atoms with Gasteiger partial charge in [-0.25, -0.2) is 0 Å². The molecule has 2 aromatic carbocycles. The molecule has 1 aliphatic heterocycles. The molecule has 2 bridgehead atoms. The molecule has 142 valence electrons. The van der Waals surface area contributed by atoms with E-state index in [-0.39, 0.29) is 6.10 Å². The molecular weight excluding hydrogens is 340 g/mol. The number of nitrogens with two attached hydrogens (primary N) is 1. The van der Waals surface area contributed by atoms with Crippen molar-refractivity contribution in [2.24, 2.45) is 11.7 Å². The van der Waals surface area contributed by atoms with Crippen molar-refractivity contribution in [2.75, 3.05) is 7.05 Å². The van der Waals surface area contributed by atoms with Gasteiger partial charge in [-0.05, 0) is 38.1 Å². The van der Waals surface area contributed by atoms with Gasteiger partial charge in [0.15, 0.2) is 5.60 Å². The number of amides is 1. The highest BCUT2D eigenvalue weighted by Gasteiger charge is 2.49. The molecule has 0 aromatic heterocycles. The first-order chi connectivity index (χ1) is 12.9. The van der Waals surface area contributed by atoms with E-state index in [1.807, 2.05) is 12.1 Å². The van der Waals surface area contributed by atoms with Crippen molar-refractivity contribution in [3.8, 4) is 5.75 Å². The summed E-state index contributed by atoms with van der Waals surface area (Å²) in [6.45, 7) is 2.25. The monoisotopic (exact) mass is 366 g/mol. The Morgan fingerprint density at radius 3 is 2.48 bits per heavy atom. The molecule has 2 aliphatic rings. The summed E-state index contributed by atoms with van der Waals surface area (Å²) in [6.07, 6.45) is 2.33. The zero-order valence-electron chi connectivity index (χ0n) is 15.7. The fraction of sp³-hybridized carbons (Fsp3) is 0.409. The van der Waals surface area contributed by atoms with E-state index in [4.69, 9.17) is 10.5 Å². The van der Waals surface area contributed by atoms with Gasteiger partial charge in [-0.2, -0.15) is 0 Å². The number of hydrogen-bond donors (Lipinski definition) is 2. The van der Waals surface area contributed by atoms with E-state index in [0.717, 1.165) is 12.8 Å². The average Bonchev–Trinajstić information content (AvgIpc) is 3.21. The number of fused-ring (bicyclic) bond motifs is 2. The van der Waals surface area contributed by atoms with Gasteiger partial charge < -0.3 is 20.5 Å². The predicted molar refractivity (Wildman–Crippen MR) is 103 cm³/mol.